The third-order valence-corrected chi connectivity index (χ3v) is 11.9. The molecule has 0 atom stereocenters. The van der Waals surface area contributed by atoms with Crippen LogP contribution in [-0.4, -0.2) is 224 Å². The van der Waals surface area contributed by atoms with E-state index < -0.39 is 33.9 Å². The van der Waals surface area contributed by atoms with Crippen LogP contribution >= 0.6 is 0 Å². The van der Waals surface area contributed by atoms with Gasteiger partial charge in [0.15, 0.2) is 0 Å². The molecule has 0 bridgehead atoms. The lowest BCUT2D eigenvalue weighted by Crippen LogP contribution is -2.43. The molecule has 0 N–H and O–H groups in total. The highest BCUT2D eigenvalue weighted by Crippen LogP contribution is 2.29. The van der Waals surface area contributed by atoms with Crippen molar-refractivity contribution >= 4 is 0 Å². The molecule has 0 aromatic heterocycles. The minimum absolute atomic E-state index is 0.0122. The van der Waals surface area contributed by atoms with Gasteiger partial charge in [-0.3, -0.25) is 0 Å². The van der Waals surface area contributed by atoms with Gasteiger partial charge >= 0.3 is 0 Å². The Kier molecular flexibility index (Phi) is 49.8. The van der Waals surface area contributed by atoms with E-state index in [1.165, 1.54) is 0 Å². The van der Waals surface area contributed by atoms with Crippen molar-refractivity contribution in [2.24, 2.45) is 21.7 Å². The van der Waals surface area contributed by atoms with E-state index in [1.807, 2.05) is 27.7 Å². The predicted molar refractivity (Wildman–Crippen MR) is 246 cm³/mol. The Morgan fingerprint density at radius 1 is 0.227 bits per heavy atom. The van der Waals surface area contributed by atoms with Crippen LogP contribution in [0.2, 0.25) is 0 Å². The van der Waals surface area contributed by atoms with E-state index in [-0.39, 0.29) is 211 Å². The molecule has 0 unspecified atom stereocenters. The molecular weight excluding hydrogens is 1040 g/mol. The van der Waals surface area contributed by atoms with E-state index in [0.29, 0.717) is 25.7 Å². The van der Waals surface area contributed by atoms with Gasteiger partial charge in [0.2, 0.25) is 0 Å². The second-order valence-corrected chi connectivity index (χ2v) is 17.8. The third kappa shape index (κ3) is 37.2. The molecule has 21 nitrogen and oxygen atoms in total. The Bertz CT molecular complexity index is 992. The molecule has 0 spiro atoms. The van der Waals surface area contributed by atoms with Gasteiger partial charge in [-0.05, 0) is 61.9 Å². The summed E-state index contributed by atoms with van der Waals surface area (Å²) in [5.74, 6) is 0. The smallest absolute Gasteiger partial charge is 0.111 e. The van der Waals surface area contributed by atoms with Gasteiger partial charge in [-0.1, -0.05) is 27.7 Å². The summed E-state index contributed by atoms with van der Waals surface area (Å²) in [5, 5.41) is 0. The van der Waals surface area contributed by atoms with Crippen LogP contribution in [0.5, 0.6) is 0 Å². The second kappa shape index (κ2) is 50.8. The molecule has 0 amide bonds. The Morgan fingerprint density at radius 3 is 0.507 bits per heavy atom. The summed E-state index contributed by atoms with van der Waals surface area (Å²) in [6, 6.07) is 0. The summed E-state index contributed by atoms with van der Waals surface area (Å²) in [4.78, 5) is 29.2. The van der Waals surface area contributed by atoms with Crippen molar-refractivity contribution in [1.29, 1.82) is 0 Å². The maximum Gasteiger partial charge on any atom is 0.111 e. The van der Waals surface area contributed by atoms with E-state index in [0.717, 1.165) is 0 Å². The van der Waals surface area contributed by atoms with Crippen molar-refractivity contribution < 1.29 is 137 Å². The SMILES string of the molecule is CCC(COCCOF)(COCCOF)COCC(COCC(CC)(COCCOF)COCCOF)OC(COCC(CC)(COCCOF)COCCOF)COCC(CC)(COCCOF)COCCOF. The van der Waals surface area contributed by atoms with E-state index in [1.54, 1.807) is 0 Å². The lowest BCUT2D eigenvalue weighted by atomic mass is 9.88. The van der Waals surface area contributed by atoms with E-state index >= 15 is 0 Å². The molecule has 0 radical (unpaired) electrons. The molecule has 0 heterocycles. The first kappa shape index (κ1) is 73.6. The first-order chi connectivity index (χ1) is 36.6. The van der Waals surface area contributed by atoms with Gasteiger partial charge in [0.05, 0.1) is 159 Å². The summed E-state index contributed by atoms with van der Waals surface area (Å²) in [7, 11) is 0. The molecule has 0 saturated carbocycles. The molecule has 29 heteroatoms. The maximum atomic E-state index is 12.5. The summed E-state index contributed by atoms with van der Waals surface area (Å²) in [6.45, 7) is 3.63. The lowest BCUT2D eigenvalue weighted by molar-refractivity contribution is -0.178. The zero-order chi connectivity index (χ0) is 55.5. The van der Waals surface area contributed by atoms with Crippen molar-refractivity contribution in [3.8, 4) is 0 Å². The van der Waals surface area contributed by atoms with Crippen LogP contribution in [0.3, 0.4) is 0 Å². The maximum absolute atomic E-state index is 12.5. The molecular formula is C46H86F8O21. The fourth-order valence-corrected chi connectivity index (χ4v) is 6.91. The molecule has 0 rings (SSSR count). The fourth-order valence-electron chi connectivity index (χ4n) is 6.91. The Hall–Kier alpha value is -1.40. The molecule has 0 saturated heterocycles. The fraction of sp³-hybridized carbons (Fsp3) is 1.00. The molecule has 0 aliphatic carbocycles. The van der Waals surface area contributed by atoms with Crippen molar-refractivity contribution in [2.45, 2.75) is 65.6 Å². The molecule has 0 aliphatic heterocycles. The van der Waals surface area contributed by atoms with Gasteiger partial charge in [-0.2, -0.15) is 39.5 Å². The van der Waals surface area contributed by atoms with Crippen LogP contribution in [0, 0.1) is 21.7 Å². The predicted octanol–water partition coefficient (Wildman–Crippen LogP) is 6.73. The third-order valence-electron chi connectivity index (χ3n) is 11.9. The summed E-state index contributed by atoms with van der Waals surface area (Å²) >= 11 is 0. The molecule has 0 fully saturated rings. The molecule has 0 aromatic carbocycles. The van der Waals surface area contributed by atoms with E-state index in [9.17, 15) is 36.2 Å². The minimum Gasteiger partial charge on any atom is -0.378 e. The van der Waals surface area contributed by atoms with Gasteiger partial charge in [-0.25, -0.2) is 0 Å². The van der Waals surface area contributed by atoms with Gasteiger partial charge in [0, 0.05) is 21.7 Å². The highest BCUT2D eigenvalue weighted by atomic mass is 19.3. The number of ether oxygens (including phenoxy) is 13. The van der Waals surface area contributed by atoms with Crippen molar-refractivity contribution in [3.05, 3.63) is 0 Å². The van der Waals surface area contributed by atoms with Crippen molar-refractivity contribution in [2.75, 3.05) is 211 Å². The number of hydrogen-bond acceptors (Lipinski definition) is 21. The normalized spacial score (nSPS) is 12.9. The van der Waals surface area contributed by atoms with E-state index in [2.05, 4.69) is 39.5 Å². The average Bonchev–Trinajstić information content (AvgIpc) is 3.42. The monoisotopic (exact) mass is 1130 g/mol. The van der Waals surface area contributed by atoms with Gasteiger partial charge in [0.1, 0.15) is 65.1 Å². The summed E-state index contributed by atoms with van der Waals surface area (Å²) in [5.41, 5.74) is -3.38. The molecule has 0 aromatic rings. The Morgan fingerprint density at radius 2 is 0.373 bits per heavy atom. The van der Waals surface area contributed by atoms with Crippen molar-refractivity contribution in [3.63, 3.8) is 0 Å². The summed E-state index contributed by atoms with van der Waals surface area (Å²) in [6.07, 6.45) is -0.127. The average molecular weight is 1130 g/mol. The first-order valence-electron chi connectivity index (χ1n) is 25.1. The van der Waals surface area contributed by atoms with Crippen LogP contribution in [0.15, 0.2) is 0 Å². The second-order valence-electron chi connectivity index (χ2n) is 17.8. The standard InChI is InChI=1S/C46H86F8O21/c1-5-43(29-55-9-17-67-47,30-56-10-18-68-48)37-63-25-41(26-64-38-44(6-2,31-57-11-19-69-49)32-58-12-20-70-50)75-42(27-65-39-45(7-3,33-59-13-21-71-51)34-60-14-22-72-52)28-66-40-46(8-4,35-61-15-23-73-53)36-62-16-24-74-54/h41-42H,5-40H2,1-4H3. The largest absolute Gasteiger partial charge is 0.378 e. The first-order valence-corrected chi connectivity index (χ1v) is 25.1. The zero-order valence-electron chi connectivity index (χ0n) is 44.2. The quantitative estimate of drug-likeness (QED) is 0.0459. The summed E-state index contributed by atoms with van der Waals surface area (Å²) < 4.78 is 178. The van der Waals surface area contributed by atoms with Crippen LogP contribution in [-0.2, 0) is 101 Å². The van der Waals surface area contributed by atoms with Crippen LogP contribution in [0.1, 0.15) is 53.4 Å². The van der Waals surface area contributed by atoms with Crippen LogP contribution in [0.25, 0.3) is 0 Å². The molecule has 75 heavy (non-hydrogen) atoms. The topological polar surface area (TPSA) is 194 Å². The highest BCUT2D eigenvalue weighted by molar-refractivity contribution is 4.82. The van der Waals surface area contributed by atoms with Gasteiger partial charge < -0.3 is 61.6 Å². The van der Waals surface area contributed by atoms with Crippen molar-refractivity contribution in [1.82, 2.24) is 0 Å². The highest BCUT2D eigenvalue weighted by Gasteiger charge is 2.35. The van der Waals surface area contributed by atoms with Crippen LogP contribution < -0.4 is 0 Å². The van der Waals surface area contributed by atoms with Gasteiger partial charge in [-0.15, -0.1) is 0 Å². The van der Waals surface area contributed by atoms with Crippen LogP contribution in [0.4, 0.5) is 36.2 Å². The molecule has 0 aliphatic rings. The van der Waals surface area contributed by atoms with Gasteiger partial charge in [0.25, 0.3) is 0 Å². The Labute approximate surface area is 435 Å². The number of hydrogen-bond donors (Lipinski definition) is 0. The number of halogens is 8. The lowest BCUT2D eigenvalue weighted by Gasteiger charge is -2.35. The minimum atomic E-state index is -0.914. The number of rotatable bonds is 62. The molecule has 452 valence electrons. The van der Waals surface area contributed by atoms with E-state index in [4.69, 9.17) is 61.6 Å². The zero-order valence-corrected chi connectivity index (χ0v) is 44.2. The Balaban J connectivity index is 7.14.